The van der Waals surface area contributed by atoms with Crippen LogP contribution in [0.5, 0.6) is 0 Å². The molecule has 0 aromatic heterocycles. The number of amides is 1. The Balaban J connectivity index is 3.94. The monoisotopic (exact) mass is 217 g/mol. The fourth-order valence-corrected chi connectivity index (χ4v) is 0.927. The van der Waals surface area contributed by atoms with Crippen molar-refractivity contribution in [1.29, 1.82) is 0 Å². The number of aliphatic carboxylic acids is 1. The summed E-state index contributed by atoms with van der Waals surface area (Å²) in [6.07, 6.45) is -0.104. The lowest BCUT2D eigenvalue weighted by atomic mass is 10.1. The molecule has 0 bridgehead atoms. The van der Waals surface area contributed by atoms with Crippen molar-refractivity contribution in [1.82, 2.24) is 5.32 Å². The molecule has 2 N–H and O–H groups in total. The third kappa shape index (κ3) is 6.76. The lowest BCUT2D eigenvalue weighted by Gasteiger charge is -2.20. The van der Waals surface area contributed by atoms with Gasteiger partial charge in [0.2, 0.25) is 0 Å². The lowest BCUT2D eigenvalue weighted by molar-refractivity contribution is -0.141. The van der Waals surface area contributed by atoms with Gasteiger partial charge in [-0.25, -0.2) is 4.79 Å². The van der Waals surface area contributed by atoms with Gasteiger partial charge in [-0.1, -0.05) is 6.92 Å². The normalized spacial score (nSPS) is 13.1. The number of carboxylic acids is 1. The molecule has 0 aromatic carbocycles. The topological polar surface area (TPSA) is 75.6 Å². The highest BCUT2D eigenvalue weighted by Crippen LogP contribution is 2.07. The molecule has 0 saturated carbocycles. The molecule has 5 heteroatoms. The SMILES string of the molecule is CC[C@@H](CNC(=O)OC(C)(C)C)C(=O)O. The van der Waals surface area contributed by atoms with E-state index in [1.165, 1.54) is 0 Å². The van der Waals surface area contributed by atoms with E-state index in [0.29, 0.717) is 6.42 Å². The van der Waals surface area contributed by atoms with Crippen LogP contribution in [0.4, 0.5) is 4.79 Å². The van der Waals surface area contributed by atoms with E-state index in [-0.39, 0.29) is 6.54 Å². The van der Waals surface area contributed by atoms with E-state index in [9.17, 15) is 9.59 Å². The van der Waals surface area contributed by atoms with Gasteiger partial charge in [-0.05, 0) is 27.2 Å². The molecular weight excluding hydrogens is 198 g/mol. The van der Waals surface area contributed by atoms with Gasteiger partial charge >= 0.3 is 12.1 Å². The maximum Gasteiger partial charge on any atom is 0.407 e. The summed E-state index contributed by atoms with van der Waals surface area (Å²) in [6.45, 7) is 7.11. The number of carbonyl (C=O) groups is 2. The predicted molar refractivity (Wildman–Crippen MR) is 55.7 cm³/mol. The Labute approximate surface area is 89.8 Å². The van der Waals surface area contributed by atoms with Crippen LogP contribution < -0.4 is 5.32 Å². The lowest BCUT2D eigenvalue weighted by Crippen LogP contribution is -2.37. The van der Waals surface area contributed by atoms with Crippen LogP contribution in [0.1, 0.15) is 34.1 Å². The maximum absolute atomic E-state index is 11.2. The second-order valence-electron chi connectivity index (χ2n) is 4.33. The van der Waals surface area contributed by atoms with E-state index in [0.717, 1.165) is 0 Å². The first-order valence-corrected chi connectivity index (χ1v) is 4.96. The molecule has 0 heterocycles. The first kappa shape index (κ1) is 13.7. The molecule has 0 aromatic rings. The summed E-state index contributed by atoms with van der Waals surface area (Å²) in [7, 11) is 0. The Kier molecular flexibility index (Phi) is 5.11. The van der Waals surface area contributed by atoms with Crippen molar-refractivity contribution < 1.29 is 19.4 Å². The zero-order chi connectivity index (χ0) is 12.1. The highest BCUT2D eigenvalue weighted by atomic mass is 16.6. The Morgan fingerprint density at radius 3 is 2.27 bits per heavy atom. The van der Waals surface area contributed by atoms with Crippen molar-refractivity contribution >= 4 is 12.1 Å². The van der Waals surface area contributed by atoms with Gasteiger partial charge in [-0.3, -0.25) is 4.79 Å². The van der Waals surface area contributed by atoms with Crippen molar-refractivity contribution in [2.75, 3.05) is 6.54 Å². The molecule has 0 aliphatic carbocycles. The molecule has 88 valence electrons. The summed E-state index contributed by atoms with van der Waals surface area (Å²) in [6, 6.07) is 0. The third-order valence-corrected chi connectivity index (χ3v) is 1.73. The van der Waals surface area contributed by atoms with Crippen LogP contribution >= 0.6 is 0 Å². The van der Waals surface area contributed by atoms with Gasteiger partial charge in [0.05, 0.1) is 5.92 Å². The summed E-state index contributed by atoms with van der Waals surface area (Å²) >= 11 is 0. The smallest absolute Gasteiger partial charge is 0.407 e. The fraction of sp³-hybridized carbons (Fsp3) is 0.800. The Bertz CT molecular complexity index is 232. The van der Waals surface area contributed by atoms with Gasteiger partial charge in [-0.15, -0.1) is 0 Å². The molecule has 0 aliphatic rings. The average Bonchev–Trinajstić information content (AvgIpc) is 2.01. The van der Waals surface area contributed by atoms with Crippen molar-refractivity contribution in [2.45, 2.75) is 39.7 Å². The molecular formula is C10H19NO4. The molecule has 0 saturated heterocycles. The number of hydrogen-bond acceptors (Lipinski definition) is 3. The zero-order valence-electron chi connectivity index (χ0n) is 9.66. The van der Waals surface area contributed by atoms with Gasteiger partial charge < -0.3 is 15.2 Å². The average molecular weight is 217 g/mol. The van der Waals surface area contributed by atoms with E-state index in [1.807, 2.05) is 0 Å². The summed E-state index contributed by atoms with van der Waals surface area (Å²) in [5.41, 5.74) is -0.560. The summed E-state index contributed by atoms with van der Waals surface area (Å²) in [5.74, 6) is -1.47. The minimum atomic E-state index is -0.909. The van der Waals surface area contributed by atoms with Crippen molar-refractivity contribution in [3.05, 3.63) is 0 Å². The quantitative estimate of drug-likeness (QED) is 0.750. The Morgan fingerprint density at radius 2 is 1.93 bits per heavy atom. The van der Waals surface area contributed by atoms with Gasteiger partial charge in [-0.2, -0.15) is 0 Å². The van der Waals surface area contributed by atoms with Crippen molar-refractivity contribution in [2.24, 2.45) is 5.92 Å². The number of rotatable bonds is 4. The third-order valence-electron chi connectivity index (χ3n) is 1.73. The summed E-state index contributed by atoms with van der Waals surface area (Å²) in [5, 5.41) is 11.2. The minimum absolute atomic E-state index is 0.0980. The molecule has 0 aliphatic heterocycles. The number of alkyl carbamates (subject to hydrolysis) is 1. The van der Waals surface area contributed by atoms with E-state index < -0.39 is 23.6 Å². The standard InChI is InChI=1S/C10H19NO4/c1-5-7(8(12)13)6-11-9(14)15-10(2,3)4/h7H,5-6H2,1-4H3,(H,11,14)(H,12,13)/t7-/m0/s1. The largest absolute Gasteiger partial charge is 0.481 e. The fourth-order valence-electron chi connectivity index (χ4n) is 0.927. The van der Waals surface area contributed by atoms with Crippen LogP contribution in [-0.4, -0.2) is 29.3 Å². The second-order valence-corrected chi connectivity index (χ2v) is 4.33. The van der Waals surface area contributed by atoms with Crippen LogP contribution in [0.25, 0.3) is 0 Å². The zero-order valence-corrected chi connectivity index (χ0v) is 9.66. The number of ether oxygens (including phenoxy) is 1. The van der Waals surface area contributed by atoms with Crippen LogP contribution in [0, 0.1) is 5.92 Å². The summed E-state index contributed by atoms with van der Waals surface area (Å²) in [4.78, 5) is 21.8. The highest BCUT2D eigenvalue weighted by molar-refractivity contribution is 5.72. The van der Waals surface area contributed by atoms with Gasteiger partial charge in [0.15, 0.2) is 0 Å². The summed E-state index contributed by atoms with van der Waals surface area (Å²) < 4.78 is 4.97. The minimum Gasteiger partial charge on any atom is -0.481 e. The molecule has 0 unspecified atom stereocenters. The molecule has 0 rings (SSSR count). The molecule has 1 atom stereocenters. The van der Waals surface area contributed by atoms with Crippen molar-refractivity contribution in [3.63, 3.8) is 0 Å². The number of nitrogens with one attached hydrogen (secondary N) is 1. The molecule has 0 fully saturated rings. The van der Waals surface area contributed by atoms with Gasteiger partial charge in [0.1, 0.15) is 5.60 Å². The first-order chi connectivity index (χ1) is 6.76. The molecule has 0 spiro atoms. The van der Waals surface area contributed by atoms with Crippen molar-refractivity contribution in [3.8, 4) is 0 Å². The van der Waals surface area contributed by atoms with Gasteiger partial charge in [0, 0.05) is 6.54 Å². The first-order valence-electron chi connectivity index (χ1n) is 4.96. The predicted octanol–water partition coefficient (Wildman–Crippen LogP) is 1.62. The van der Waals surface area contributed by atoms with E-state index >= 15 is 0 Å². The van der Waals surface area contributed by atoms with E-state index in [2.05, 4.69) is 5.32 Å². The highest BCUT2D eigenvalue weighted by Gasteiger charge is 2.19. The molecule has 0 radical (unpaired) electrons. The Hall–Kier alpha value is -1.26. The van der Waals surface area contributed by atoms with E-state index in [4.69, 9.17) is 9.84 Å². The molecule has 1 amide bonds. The molecule has 5 nitrogen and oxygen atoms in total. The van der Waals surface area contributed by atoms with Crippen LogP contribution in [0.3, 0.4) is 0 Å². The van der Waals surface area contributed by atoms with E-state index in [1.54, 1.807) is 27.7 Å². The van der Waals surface area contributed by atoms with Crippen LogP contribution in [0.2, 0.25) is 0 Å². The number of hydrogen-bond donors (Lipinski definition) is 2. The molecule has 15 heavy (non-hydrogen) atoms. The Morgan fingerprint density at radius 1 is 1.40 bits per heavy atom. The van der Waals surface area contributed by atoms with Crippen LogP contribution in [-0.2, 0) is 9.53 Å². The maximum atomic E-state index is 11.2. The number of carboxylic acid groups (broad SMARTS) is 1. The van der Waals surface area contributed by atoms with Crippen LogP contribution in [0.15, 0.2) is 0 Å². The van der Waals surface area contributed by atoms with Gasteiger partial charge in [0.25, 0.3) is 0 Å². The second kappa shape index (κ2) is 5.58. The number of carbonyl (C=O) groups excluding carboxylic acids is 1.